The van der Waals surface area contributed by atoms with Crippen molar-refractivity contribution < 1.29 is 18.7 Å². The minimum Gasteiger partial charge on any atom is -0.387 e. The average Bonchev–Trinajstić information content (AvgIpc) is 3.34. The highest BCUT2D eigenvalue weighted by Gasteiger charge is 2.28. The second-order valence-corrected chi connectivity index (χ2v) is 9.22. The smallest absolute Gasteiger partial charge is 0.255 e. The van der Waals surface area contributed by atoms with Gasteiger partial charge in [-0.1, -0.05) is 0 Å². The van der Waals surface area contributed by atoms with Crippen LogP contribution in [0.25, 0.3) is 5.65 Å². The molecule has 182 valence electrons. The molecular formula is C23H29F2N7O2. The SMILES string of the molecule is Cc1cc2nc(Nc3cc(NC4CCC(F)C4)c(C(=O)NCC(F)C(C)(C)O)cn3)ccn2n1. The van der Waals surface area contributed by atoms with Crippen LogP contribution in [0.4, 0.5) is 26.1 Å². The number of alkyl halides is 2. The summed E-state index contributed by atoms with van der Waals surface area (Å²) in [7, 11) is 0. The van der Waals surface area contributed by atoms with Gasteiger partial charge in [-0.25, -0.2) is 23.3 Å². The van der Waals surface area contributed by atoms with Crippen molar-refractivity contribution in [1.82, 2.24) is 24.9 Å². The van der Waals surface area contributed by atoms with Crippen LogP contribution in [0.15, 0.2) is 30.6 Å². The van der Waals surface area contributed by atoms with Crippen LogP contribution in [0.2, 0.25) is 0 Å². The second-order valence-electron chi connectivity index (χ2n) is 9.22. The number of aromatic nitrogens is 4. The highest BCUT2D eigenvalue weighted by Crippen LogP contribution is 2.28. The van der Waals surface area contributed by atoms with Crippen LogP contribution in [-0.4, -0.2) is 61.1 Å². The number of carbonyl (C=O) groups is 1. The van der Waals surface area contributed by atoms with E-state index in [-0.39, 0.29) is 18.2 Å². The molecule has 3 heterocycles. The zero-order chi connectivity index (χ0) is 24.5. The number of pyridine rings is 1. The fraction of sp³-hybridized carbons (Fsp3) is 0.478. The Hall–Kier alpha value is -3.34. The number of rotatable bonds is 8. The van der Waals surface area contributed by atoms with Crippen LogP contribution in [0, 0.1) is 6.92 Å². The number of fused-ring (bicyclic) bond motifs is 1. The Balaban J connectivity index is 1.55. The van der Waals surface area contributed by atoms with Crippen LogP contribution in [0.5, 0.6) is 0 Å². The molecule has 3 atom stereocenters. The van der Waals surface area contributed by atoms with Gasteiger partial charge in [0, 0.05) is 30.6 Å². The van der Waals surface area contributed by atoms with E-state index in [4.69, 9.17) is 0 Å². The van der Waals surface area contributed by atoms with E-state index in [9.17, 15) is 18.7 Å². The fourth-order valence-corrected chi connectivity index (χ4v) is 3.83. The molecule has 1 saturated carbocycles. The standard InChI is InChI=1S/C23H29F2N7O2/c1-13-8-21-30-19(6-7-32(21)31-13)29-20-10-17(28-15-5-4-14(24)9-15)16(11-26-20)22(33)27-12-18(25)23(2,3)34/h6-8,10-11,14-15,18,34H,4-5,9,12H2,1-3H3,(H,27,33)(H2,26,28,29,30). The van der Waals surface area contributed by atoms with Crippen LogP contribution < -0.4 is 16.0 Å². The Kier molecular flexibility index (Phi) is 6.65. The van der Waals surface area contributed by atoms with E-state index in [1.54, 1.807) is 22.8 Å². The van der Waals surface area contributed by atoms with E-state index < -0.39 is 23.9 Å². The molecule has 0 spiro atoms. The number of hydrogen-bond acceptors (Lipinski definition) is 7. The molecule has 0 aromatic carbocycles. The molecule has 11 heteroatoms. The molecule has 4 N–H and O–H groups in total. The van der Waals surface area contributed by atoms with Crippen molar-refractivity contribution in [2.45, 2.75) is 64.0 Å². The van der Waals surface area contributed by atoms with Gasteiger partial charge in [0.25, 0.3) is 5.91 Å². The second kappa shape index (κ2) is 9.49. The Labute approximate surface area is 196 Å². The molecule has 9 nitrogen and oxygen atoms in total. The summed E-state index contributed by atoms with van der Waals surface area (Å²) >= 11 is 0. The van der Waals surface area contributed by atoms with Crippen molar-refractivity contribution in [2.75, 3.05) is 17.2 Å². The lowest BCUT2D eigenvalue weighted by Crippen LogP contribution is -2.42. The maximum atomic E-state index is 14.1. The zero-order valence-electron chi connectivity index (χ0n) is 19.3. The Morgan fingerprint density at radius 2 is 2.12 bits per heavy atom. The summed E-state index contributed by atoms with van der Waals surface area (Å²) in [5.74, 6) is 0.428. The average molecular weight is 474 g/mol. The third kappa shape index (κ3) is 5.58. The van der Waals surface area contributed by atoms with Crippen LogP contribution in [0.1, 0.15) is 49.2 Å². The van der Waals surface area contributed by atoms with Gasteiger partial charge in [0.2, 0.25) is 0 Å². The van der Waals surface area contributed by atoms with Crippen molar-refractivity contribution in [1.29, 1.82) is 0 Å². The number of aliphatic hydroxyl groups is 1. The molecule has 0 bridgehead atoms. The summed E-state index contributed by atoms with van der Waals surface area (Å²) in [6.07, 6.45) is 2.06. The lowest BCUT2D eigenvalue weighted by molar-refractivity contribution is -0.00177. The van der Waals surface area contributed by atoms with Crippen molar-refractivity contribution in [2.24, 2.45) is 0 Å². The molecule has 1 fully saturated rings. The summed E-state index contributed by atoms with van der Waals surface area (Å²) in [5.41, 5.74) is 0.583. The first kappa shape index (κ1) is 23.8. The predicted molar refractivity (Wildman–Crippen MR) is 125 cm³/mol. The third-order valence-electron chi connectivity index (χ3n) is 5.79. The van der Waals surface area contributed by atoms with Crippen molar-refractivity contribution in [3.8, 4) is 0 Å². The minimum atomic E-state index is -1.64. The Bertz CT molecular complexity index is 1180. The number of halogens is 2. The number of nitrogens with one attached hydrogen (secondary N) is 3. The number of aryl methyl sites for hydroxylation is 1. The van der Waals surface area contributed by atoms with Gasteiger partial charge in [0.1, 0.15) is 24.0 Å². The zero-order valence-corrected chi connectivity index (χ0v) is 19.3. The van der Waals surface area contributed by atoms with Crippen LogP contribution in [0.3, 0.4) is 0 Å². The van der Waals surface area contributed by atoms with Crippen molar-refractivity contribution in [3.05, 3.63) is 41.9 Å². The molecule has 0 radical (unpaired) electrons. The molecule has 0 saturated heterocycles. The Morgan fingerprint density at radius 1 is 1.32 bits per heavy atom. The van der Waals surface area contributed by atoms with Gasteiger partial charge in [-0.05, 0) is 46.1 Å². The molecule has 1 aliphatic rings. The number of carbonyl (C=O) groups excluding carboxylic acids is 1. The molecule has 1 aliphatic carbocycles. The molecule has 3 unspecified atom stereocenters. The molecule has 0 aliphatic heterocycles. The fourth-order valence-electron chi connectivity index (χ4n) is 3.83. The van der Waals surface area contributed by atoms with Crippen molar-refractivity contribution >= 4 is 28.9 Å². The topological polar surface area (TPSA) is 116 Å². The van der Waals surface area contributed by atoms with Gasteiger partial charge in [0.05, 0.1) is 29.1 Å². The lowest BCUT2D eigenvalue weighted by atomic mass is 10.0. The largest absolute Gasteiger partial charge is 0.387 e. The van der Waals surface area contributed by atoms with Crippen LogP contribution >= 0.6 is 0 Å². The maximum Gasteiger partial charge on any atom is 0.255 e. The first-order valence-electron chi connectivity index (χ1n) is 11.2. The first-order chi connectivity index (χ1) is 16.1. The van der Waals surface area contributed by atoms with Gasteiger partial charge in [-0.3, -0.25) is 4.79 Å². The van der Waals surface area contributed by atoms with E-state index in [1.807, 2.05) is 13.0 Å². The van der Waals surface area contributed by atoms with E-state index in [0.717, 1.165) is 5.69 Å². The highest BCUT2D eigenvalue weighted by atomic mass is 19.1. The molecule has 1 amide bonds. The highest BCUT2D eigenvalue weighted by molar-refractivity contribution is 5.99. The number of nitrogens with zero attached hydrogens (tertiary/aromatic N) is 4. The van der Waals surface area contributed by atoms with E-state index in [0.29, 0.717) is 42.2 Å². The van der Waals surface area contributed by atoms with Gasteiger partial charge in [-0.2, -0.15) is 5.10 Å². The maximum absolute atomic E-state index is 14.1. The normalized spacial score (nSPS) is 19.2. The predicted octanol–water partition coefficient (Wildman–Crippen LogP) is 3.32. The summed E-state index contributed by atoms with van der Waals surface area (Å²) in [5, 5.41) is 22.9. The quantitative estimate of drug-likeness (QED) is 0.397. The van der Waals surface area contributed by atoms with E-state index in [1.165, 1.54) is 20.0 Å². The Morgan fingerprint density at radius 3 is 2.82 bits per heavy atom. The monoisotopic (exact) mass is 473 g/mol. The molecular weight excluding hydrogens is 444 g/mol. The summed E-state index contributed by atoms with van der Waals surface area (Å²) in [6.45, 7) is 4.20. The number of anilines is 3. The third-order valence-corrected chi connectivity index (χ3v) is 5.79. The first-order valence-corrected chi connectivity index (χ1v) is 11.2. The minimum absolute atomic E-state index is 0.133. The molecule has 4 rings (SSSR count). The molecule has 34 heavy (non-hydrogen) atoms. The van der Waals surface area contributed by atoms with Crippen molar-refractivity contribution in [3.63, 3.8) is 0 Å². The van der Waals surface area contributed by atoms with E-state index in [2.05, 4.69) is 31.0 Å². The summed E-state index contributed by atoms with van der Waals surface area (Å²) < 4.78 is 29.5. The molecule has 3 aromatic heterocycles. The summed E-state index contributed by atoms with van der Waals surface area (Å²) in [4.78, 5) is 21.6. The molecule has 3 aromatic rings. The van der Waals surface area contributed by atoms with Gasteiger partial charge >= 0.3 is 0 Å². The number of amides is 1. The van der Waals surface area contributed by atoms with Gasteiger partial charge in [-0.15, -0.1) is 0 Å². The van der Waals surface area contributed by atoms with Gasteiger partial charge in [0.15, 0.2) is 5.65 Å². The number of hydrogen-bond donors (Lipinski definition) is 4. The van der Waals surface area contributed by atoms with Crippen LogP contribution in [-0.2, 0) is 0 Å². The van der Waals surface area contributed by atoms with Gasteiger partial charge < -0.3 is 21.1 Å². The summed E-state index contributed by atoms with van der Waals surface area (Å²) in [6, 6.07) is 5.11. The lowest BCUT2D eigenvalue weighted by Gasteiger charge is -2.23. The van der Waals surface area contributed by atoms with E-state index >= 15 is 0 Å².